The summed E-state index contributed by atoms with van der Waals surface area (Å²) in [6, 6.07) is 0.0424. The third-order valence-electron chi connectivity index (χ3n) is 5.94. The van der Waals surface area contributed by atoms with Gasteiger partial charge in [0, 0.05) is 18.7 Å². The topological polar surface area (TPSA) is 84.7 Å². The molecule has 2 aliphatic rings. The number of carbonyl (C=O) groups excluding carboxylic acids is 2. The highest BCUT2D eigenvalue weighted by Crippen LogP contribution is 2.35. The molecule has 1 aliphatic carbocycles. The van der Waals surface area contributed by atoms with E-state index in [2.05, 4.69) is 10.5 Å². The van der Waals surface area contributed by atoms with Crippen molar-refractivity contribution in [2.24, 2.45) is 11.8 Å². The second-order valence-corrected chi connectivity index (χ2v) is 7.75. The summed E-state index contributed by atoms with van der Waals surface area (Å²) >= 11 is 0. The number of rotatable bonds is 5. The first-order valence-corrected chi connectivity index (χ1v) is 10.1. The van der Waals surface area contributed by atoms with Crippen LogP contribution in [0.4, 0.5) is 4.79 Å². The number of aromatic nitrogens is 1. The fraction of sp³-hybridized carbons (Fsp3) is 0.750. The van der Waals surface area contributed by atoms with Gasteiger partial charge in [-0.15, -0.1) is 0 Å². The van der Waals surface area contributed by atoms with Crippen molar-refractivity contribution >= 4 is 12.0 Å². The molecular formula is C20H31N3O4. The first-order chi connectivity index (χ1) is 13.0. The van der Waals surface area contributed by atoms with Crippen molar-refractivity contribution < 1.29 is 18.8 Å². The molecule has 150 valence electrons. The molecular weight excluding hydrogens is 346 g/mol. The zero-order chi connectivity index (χ0) is 19.4. The highest BCUT2D eigenvalue weighted by Gasteiger charge is 2.34. The number of esters is 1. The van der Waals surface area contributed by atoms with Gasteiger partial charge in [-0.3, -0.25) is 4.79 Å². The summed E-state index contributed by atoms with van der Waals surface area (Å²) in [6.07, 6.45) is 5.55. The van der Waals surface area contributed by atoms with Gasteiger partial charge in [0.2, 0.25) is 0 Å². The third kappa shape index (κ3) is 4.45. The van der Waals surface area contributed by atoms with E-state index in [4.69, 9.17) is 9.26 Å². The molecule has 1 atom stereocenters. The van der Waals surface area contributed by atoms with Crippen molar-refractivity contribution in [1.82, 2.24) is 15.4 Å². The lowest BCUT2D eigenvalue weighted by molar-refractivity contribution is -0.149. The molecule has 1 aliphatic heterocycles. The maximum Gasteiger partial charge on any atom is 0.317 e. The summed E-state index contributed by atoms with van der Waals surface area (Å²) in [6.45, 7) is 7.55. The molecule has 1 aromatic heterocycles. The van der Waals surface area contributed by atoms with Gasteiger partial charge in [-0.2, -0.15) is 0 Å². The first kappa shape index (κ1) is 19.7. The summed E-state index contributed by atoms with van der Waals surface area (Å²) < 4.78 is 10.4. The first-order valence-electron chi connectivity index (χ1n) is 10.1. The predicted molar refractivity (Wildman–Crippen MR) is 100 cm³/mol. The Hall–Kier alpha value is -2.05. The molecule has 0 spiro atoms. The molecule has 7 nitrogen and oxygen atoms in total. The van der Waals surface area contributed by atoms with Crippen molar-refractivity contribution in [2.45, 2.75) is 65.3 Å². The molecule has 27 heavy (non-hydrogen) atoms. The largest absolute Gasteiger partial charge is 0.466 e. The Morgan fingerprint density at radius 2 is 1.96 bits per heavy atom. The van der Waals surface area contributed by atoms with Crippen LogP contribution in [0.5, 0.6) is 0 Å². The van der Waals surface area contributed by atoms with Crippen molar-refractivity contribution in [2.75, 3.05) is 19.7 Å². The van der Waals surface area contributed by atoms with Crippen molar-refractivity contribution in [3.05, 3.63) is 17.0 Å². The van der Waals surface area contributed by atoms with E-state index in [1.165, 1.54) is 0 Å². The molecule has 2 fully saturated rings. The molecule has 0 unspecified atom stereocenters. The van der Waals surface area contributed by atoms with Gasteiger partial charge in [0.1, 0.15) is 5.76 Å². The minimum atomic E-state index is -0.0700. The average Bonchev–Trinajstić information content (AvgIpc) is 3.26. The number of nitrogens with zero attached hydrogens (tertiary/aromatic N) is 2. The summed E-state index contributed by atoms with van der Waals surface area (Å²) in [5.74, 6) is 1.19. The van der Waals surface area contributed by atoms with E-state index in [1.54, 1.807) is 0 Å². The van der Waals surface area contributed by atoms with E-state index < -0.39 is 0 Å². The van der Waals surface area contributed by atoms with Crippen LogP contribution in [0.1, 0.15) is 68.5 Å². The third-order valence-corrected chi connectivity index (χ3v) is 5.94. The minimum Gasteiger partial charge on any atom is -0.466 e. The van der Waals surface area contributed by atoms with Crippen LogP contribution in [0.3, 0.4) is 0 Å². The Labute approximate surface area is 160 Å². The second-order valence-electron chi connectivity index (χ2n) is 7.75. The Bertz CT molecular complexity index is 645. The molecule has 1 saturated carbocycles. The van der Waals surface area contributed by atoms with Crippen LogP contribution in [0.15, 0.2) is 4.52 Å². The standard InChI is InChI=1S/C20H31N3O4/c1-4-26-19(24)16-9-7-15(8-10-16)12-21-20(25)23-11-5-6-17(23)18-13(2)22-27-14(18)3/h15-17H,4-12H2,1-3H3,(H,21,25)/t15?,16?,17-/m1/s1. The quantitative estimate of drug-likeness (QED) is 0.794. The molecule has 0 bridgehead atoms. The van der Waals surface area contributed by atoms with Crippen molar-refractivity contribution in [1.29, 1.82) is 0 Å². The zero-order valence-electron chi connectivity index (χ0n) is 16.6. The molecule has 3 rings (SSSR count). The van der Waals surface area contributed by atoms with Gasteiger partial charge in [0.05, 0.1) is 24.3 Å². The highest BCUT2D eigenvalue weighted by molar-refractivity contribution is 5.75. The normalized spacial score (nSPS) is 25.4. The van der Waals surface area contributed by atoms with Crippen LogP contribution >= 0.6 is 0 Å². The lowest BCUT2D eigenvalue weighted by Gasteiger charge is -2.29. The zero-order valence-corrected chi connectivity index (χ0v) is 16.6. The van der Waals surface area contributed by atoms with Crippen molar-refractivity contribution in [3.63, 3.8) is 0 Å². The van der Waals surface area contributed by atoms with E-state index >= 15 is 0 Å². The van der Waals surface area contributed by atoms with Gasteiger partial charge in [-0.05, 0) is 65.2 Å². The monoisotopic (exact) mass is 377 g/mol. The molecule has 0 aromatic carbocycles. The maximum absolute atomic E-state index is 12.8. The summed E-state index contributed by atoms with van der Waals surface area (Å²) in [5.41, 5.74) is 1.92. The Morgan fingerprint density at radius 1 is 1.22 bits per heavy atom. The number of nitrogens with one attached hydrogen (secondary N) is 1. The van der Waals surface area contributed by atoms with Crippen LogP contribution in [-0.4, -0.2) is 41.8 Å². The van der Waals surface area contributed by atoms with Crippen LogP contribution in [0.2, 0.25) is 0 Å². The van der Waals surface area contributed by atoms with Gasteiger partial charge < -0.3 is 19.5 Å². The van der Waals surface area contributed by atoms with E-state index in [-0.39, 0.29) is 24.0 Å². The van der Waals surface area contributed by atoms with Crippen molar-refractivity contribution in [3.8, 4) is 0 Å². The number of carbonyl (C=O) groups is 2. The van der Waals surface area contributed by atoms with Gasteiger partial charge in [-0.25, -0.2) is 4.79 Å². The lowest BCUT2D eigenvalue weighted by atomic mass is 9.82. The molecule has 1 aromatic rings. The summed E-state index contributed by atoms with van der Waals surface area (Å²) in [5, 5.41) is 7.15. The number of hydrogen-bond donors (Lipinski definition) is 1. The number of likely N-dealkylation sites (tertiary alicyclic amines) is 1. The van der Waals surface area contributed by atoms with E-state index in [0.29, 0.717) is 19.1 Å². The van der Waals surface area contributed by atoms with E-state index in [9.17, 15) is 9.59 Å². The number of aryl methyl sites for hydroxylation is 2. The van der Waals surface area contributed by atoms with E-state index in [1.807, 2.05) is 25.7 Å². The SMILES string of the molecule is CCOC(=O)C1CCC(CNC(=O)N2CCC[C@@H]2c2c(C)noc2C)CC1. The maximum atomic E-state index is 12.8. The number of ether oxygens (including phenoxy) is 1. The Morgan fingerprint density at radius 3 is 2.59 bits per heavy atom. The van der Waals surface area contributed by atoms with Gasteiger partial charge >= 0.3 is 12.0 Å². The van der Waals surface area contributed by atoms with E-state index in [0.717, 1.165) is 62.1 Å². The average molecular weight is 377 g/mol. The number of hydrogen-bond acceptors (Lipinski definition) is 5. The number of urea groups is 1. The van der Waals surface area contributed by atoms with Crippen LogP contribution in [0, 0.1) is 25.7 Å². The minimum absolute atomic E-state index is 0.00924. The molecule has 2 heterocycles. The molecule has 1 N–H and O–H groups in total. The molecule has 1 saturated heterocycles. The highest BCUT2D eigenvalue weighted by atomic mass is 16.5. The number of amides is 2. The Balaban J connectivity index is 1.49. The van der Waals surface area contributed by atoms with Gasteiger partial charge in [0.15, 0.2) is 0 Å². The lowest BCUT2D eigenvalue weighted by Crippen LogP contribution is -2.42. The predicted octanol–water partition coefficient (Wildman–Crippen LogP) is 3.51. The molecule has 2 amide bonds. The van der Waals surface area contributed by atoms with Crippen LogP contribution in [0.25, 0.3) is 0 Å². The summed E-state index contributed by atoms with van der Waals surface area (Å²) in [7, 11) is 0. The van der Waals surface area contributed by atoms with Gasteiger partial charge in [-0.1, -0.05) is 5.16 Å². The molecule has 7 heteroatoms. The summed E-state index contributed by atoms with van der Waals surface area (Å²) in [4.78, 5) is 26.5. The Kier molecular flexibility index (Phi) is 6.39. The van der Waals surface area contributed by atoms with Crippen LogP contribution < -0.4 is 5.32 Å². The smallest absolute Gasteiger partial charge is 0.317 e. The fourth-order valence-corrected chi connectivity index (χ4v) is 4.47. The van der Waals surface area contributed by atoms with Gasteiger partial charge in [0.25, 0.3) is 0 Å². The molecule has 0 radical (unpaired) electrons. The van der Waals surface area contributed by atoms with Crippen LogP contribution in [-0.2, 0) is 9.53 Å². The fourth-order valence-electron chi connectivity index (χ4n) is 4.47. The second kappa shape index (κ2) is 8.76.